The van der Waals surface area contributed by atoms with Crippen LogP contribution in [0.5, 0.6) is 5.75 Å². The summed E-state index contributed by atoms with van der Waals surface area (Å²) in [5.41, 5.74) is 7.93. The molecule has 3 aromatic rings. The molecule has 1 saturated carbocycles. The number of benzene rings is 1. The van der Waals surface area contributed by atoms with Crippen molar-refractivity contribution < 1.29 is 38.7 Å². The number of carboxylic acids is 1. The Bertz CT molecular complexity index is 1440. The zero-order chi connectivity index (χ0) is 30.7. The molecular weight excluding hydrogens is 560 g/mol. The fourth-order valence-electron chi connectivity index (χ4n) is 4.74. The molecule has 3 heterocycles. The molecule has 0 radical (unpaired) electrons. The number of nitrogens with two attached hydrogens (primary N) is 1. The number of nitrogens with zero attached hydrogens (tertiary/aromatic N) is 3. The summed E-state index contributed by atoms with van der Waals surface area (Å²) in [4.78, 5) is 30.2. The topological polar surface area (TPSA) is 168 Å². The van der Waals surface area contributed by atoms with Crippen molar-refractivity contribution in [3.8, 4) is 17.0 Å². The minimum absolute atomic E-state index is 0.156. The van der Waals surface area contributed by atoms with Gasteiger partial charge in [0.1, 0.15) is 35.6 Å². The summed E-state index contributed by atoms with van der Waals surface area (Å²) in [5.74, 6) is -0.655. The lowest BCUT2D eigenvalue weighted by Crippen LogP contribution is -2.22. The number of carboxylic acid groups (broad SMARTS) is 2. The van der Waals surface area contributed by atoms with Crippen LogP contribution in [0.15, 0.2) is 24.5 Å². The molecule has 4 N–H and O–H groups in total. The predicted octanol–water partition coefficient (Wildman–Crippen LogP) is 5.05. The third kappa shape index (κ3) is 7.45. The van der Waals surface area contributed by atoms with Gasteiger partial charge in [0.2, 0.25) is 0 Å². The molecule has 228 valence electrons. The Morgan fingerprint density at radius 2 is 1.83 bits per heavy atom. The van der Waals surface area contributed by atoms with Gasteiger partial charge in [-0.2, -0.15) is 0 Å². The van der Waals surface area contributed by atoms with Crippen LogP contribution in [0.2, 0.25) is 25.7 Å². The van der Waals surface area contributed by atoms with E-state index in [4.69, 9.17) is 28.8 Å². The Morgan fingerprint density at radius 3 is 2.43 bits per heavy atom. The third-order valence-electron chi connectivity index (χ3n) is 7.30. The molecule has 1 aromatic carbocycles. The summed E-state index contributed by atoms with van der Waals surface area (Å²) >= 11 is 0. The molecule has 2 aliphatic rings. The van der Waals surface area contributed by atoms with Crippen LogP contribution in [-0.2, 0) is 26.7 Å². The van der Waals surface area contributed by atoms with Crippen LogP contribution >= 0.6 is 0 Å². The molecule has 0 unspecified atom stereocenters. The standard InChI is InChI=1S/C28H37N3O6Si.CH3NO2/c1-18-23(27(32)33)25-26(31(18)17-34-12-13-38(3,4)5)24(29-16-30-25)21-14-20(28(2)36-10-11-37-28)8-9-22(21)35-15-19-6-7-19;2-1(3)4/h8-9,14,16,19H,6-7,10-13,15,17H2,1-5H3,(H,32,33);2H2,(H,3,4). The maximum Gasteiger partial charge on any atom is 0.402 e. The van der Waals surface area contributed by atoms with Crippen LogP contribution in [0.3, 0.4) is 0 Å². The van der Waals surface area contributed by atoms with E-state index >= 15 is 0 Å². The molecule has 1 amide bonds. The lowest BCUT2D eigenvalue weighted by atomic mass is 10.0. The monoisotopic (exact) mass is 600 g/mol. The van der Waals surface area contributed by atoms with Crippen LogP contribution in [0.25, 0.3) is 22.3 Å². The minimum Gasteiger partial charge on any atom is -0.493 e. The number of ether oxygens (including phenoxy) is 4. The van der Waals surface area contributed by atoms with E-state index in [1.807, 2.05) is 29.7 Å². The van der Waals surface area contributed by atoms with Gasteiger partial charge in [-0.05, 0) is 56.9 Å². The minimum atomic E-state index is -1.33. The highest BCUT2D eigenvalue weighted by atomic mass is 28.3. The van der Waals surface area contributed by atoms with Gasteiger partial charge in [-0.3, -0.25) is 0 Å². The van der Waals surface area contributed by atoms with Crippen molar-refractivity contribution in [2.45, 2.75) is 64.9 Å². The summed E-state index contributed by atoms with van der Waals surface area (Å²) in [7, 11) is -1.28. The van der Waals surface area contributed by atoms with Gasteiger partial charge in [0.05, 0.1) is 25.3 Å². The fraction of sp³-hybridized carbons (Fsp3) is 0.517. The summed E-state index contributed by atoms with van der Waals surface area (Å²) in [6, 6.07) is 6.89. The van der Waals surface area contributed by atoms with Gasteiger partial charge in [0.15, 0.2) is 5.79 Å². The van der Waals surface area contributed by atoms with Gasteiger partial charge >= 0.3 is 12.1 Å². The second kappa shape index (κ2) is 12.8. The molecule has 1 saturated heterocycles. The molecule has 0 bridgehead atoms. The first-order valence-electron chi connectivity index (χ1n) is 14.0. The Labute approximate surface area is 245 Å². The zero-order valence-corrected chi connectivity index (χ0v) is 25.8. The van der Waals surface area contributed by atoms with E-state index in [0.717, 1.165) is 17.2 Å². The molecule has 2 aromatic heterocycles. The SMILES string of the molecule is Cc1c(C(=O)O)c2ncnc(-c3cc(C4(C)OCCO4)ccc3OCC3CC3)c2n1COCC[Si](C)(C)C.NC(=O)O. The van der Waals surface area contributed by atoms with Crippen molar-refractivity contribution in [3.63, 3.8) is 0 Å². The van der Waals surface area contributed by atoms with E-state index in [1.54, 1.807) is 6.92 Å². The smallest absolute Gasteiger partial charge is 0.402 e. The van der Waals surface area contributed by atoms with Gasteiger partial charge in [0, 0.05) is 31.5 Å². The molecule has 12 nitrogen and oxygen atoms in total. The molecule has 0 atom stereocenters. The summed E-state index contributed by atoms with van der Waals surface area (Å²) in [6.07, 6.45) is 2.43. The number of hydrogen-bond donors (Lipinski definition) is 3. The van der Waals surface area contributed by atoms with Crippen LogP contribution in [0.4, 0.5) is 4.79 Å². The molecule has 0 spiro atoms. The quantitative estimate of drug-likeness (QED) is 0.200. The first kappa shape index (κ1) is 31.4. The third-order valence-corrected chi connectivity index (χ3v) is 9.00. The Balaban J connectivity index is 0.000000952. The Morgan fingerprint density at radius 1 is 1.17 bits per heavy atom. The highest BCUT2D eigenvalue weighted by Gasteiger charge is 2.35. The van der Waals surface area contributed by atoms with E-state index in [-0.39, 0.29) is 12.3 Å². The second-order valence-corrected chi connectivity index (χ2v) is 17.5. The zero-order valence-electron chi connectivity index (χ0n) is 24.8. The van der Waals surface area contributed by atoms with Crippen molar-refractivity contribution in [3.05, 3.63) is 41.3 Å². The van der Waals surface area contributed by atoms with E-state index in [1.165, 1.54) is 19.2 Å². The number of fused-ring (bicyclic) bond motifs is 1. The number of aromatic carboxylic acids is 1. The first-order chi connectivity index (χ1) is 19.8. The largest absolute Gasteiger partial charge is 0.493 e. The van der Waals surface area contributed by atoms with Crippen LogP contribution < -0.4 is 10.5 Å². The number of hydrogen-bond acceptors (Lipinski definition) is 8. The van der Waals surface area contributed by atoms with Crippen molar-refractivity contribution in [1.82, 2.24) is 14.5 Å². The number of aromatic nitrogens is 3. The van der Waals surface area contributed by atoms with E-state index in [2.05, 4.69) is 35.3 Å². The first-order valence-corrected chi connectivity index (χ1v) is 17.7. The molecule has 42 heavy (non-hydrogen) atoms. The van der Waals surface area contributed by atoms with Crippen LogP contribution in [0.1, 0.15) is 41.4 Å². The van der Waals surface area contributed by atoms with E-state index < -0.39 is 25.9 Å². The second-order valence-electron chi connectivity index (χ2n) is 11.9. The average molecular weight is 601 g/mol. The predicted molar refractivity (Wildman–Crippen MR) is 158 cm³/mol. The van der Waals surface area contributed by atoms with E-state index in [9.17, 15) is 9.90 Å². The maximum absolute atomic E-state index is 12.3. The van der Waals surface area contributed by atoms with Gasteiger partial charge < -0.3 is 39.5 Å². The van der Waals surface area contributed by atoms with Gasteiger partial charge in [-0.15, -0.1) is 0 Å². The highest BCUT2D eigenvalue weighted by Crippen LogP contribution is 2.41. The summed E-state index contributed by atoms with van der Waals surface area (Å²) in [5, 5.41) is 17.3. The molecule has 5 rings (SSSR count). The lowest BCUT2D eigenvalue weighted by Gasteiger charge is -2.24. The fourth-order valence-corrected chi connectivity index (χ4v) is 5.49. The van der Waals surface area contributed by atoms with Crippen molar-refractivity contribution in [2.75, 3.05) is 26.4 Å². The number of primary amides is 1. The van der Waals surface area contributed by atoms with Crippen molar-refractivity contribution >= 4 is 31.2 Å². The van der Waals surface area contributed by atoms with Gasteiger partial charge in [0.25, 0.3) is 0 Å². The maximum atomic E-state index is 12.3. The van der Waals surface area contributed by atoms with E-state index in [0.29, 0.717) is 60.5 Å². The summed E-state index contributed by atoms with van der Waals surface area (Å²) in [6.45, 7) is 13.1. The summed E-state index contributed by atoms with van der Waals surface area (Å²) < 4.78 is 26.1. The lowest BCUT2D eigenvalue weighted by molar-refractivity contribution is -0.149. The number of rotatable bonds is 11. The Kier molecular flexibility index (Phi) is 9.55. The number of amides is 1. The van der Waals surface area contributed by atoms with Crippen molar-refractivity contribution in [2.24, 2.45) is 11.7 Å². The van der Waals surface area contributed by atoms with Gasteiger partial charge in [-0.1, -0.05) is 19.6 Å². The average Bonchev–Trinajstić information content (AvgIpc) is 3.55. The van der Waals surface area contributed by atoms with Crippen LogP contribution in [0, 0.1) is 12.8 Å². The normalized spacial score (nSPS) is 16.2. The Hall–Kier alpha value is -3.52. The molecule has 1 aliphatic heterocycles. The molecule has 2 fully saturated rings. The molecule has 13 heteroatoms. The molecular formula is C29H40N4O8Si. The molecule has 1 aliphatic carbocycles. The van der Waals surface area contributed by atoms with Gasteiger partial charge in [-0.25, -0.2) is 19.6 Å². The van der Waals surface area contributed by atoms with Crippen LogP contribution in [-0.4, -0.2) is 71.3 Å². The number of carbonyl (C=O) groups is 2. The highest BCUT2D eigenvalue weighted by molar-refractivity contribution is 6.76. The van der Waals surface area contributed by atoms with Crippen molar-refractivity contribution in [1.29, 1.82) is 0 Å².